The fraction of sp³-hybridized carbons (Fsp3) is 0.571. The molecule has 0 aliphatic carbocycles. The highest BCUT2D eigenvalue weighted by molar-refractivity contribution is 5.26. The van der Waals surface area contributed by atoms with Crippen LogP contribution in [0.5, 0.6) is 0 Å². The maximum absolute atomic E-state index is 12.6. The predicted molar refractivity (Wildman–Crippen MR) is 66.8 cm³/mol. The minimum absolute atomic E-state index is 0.276. The van der Waals surface area contributed by atoms with Gasteiger partial charge in [-0.25, -0.2) is 0 Å². The van der Waals surface area contributed by atoms with Crippen LogP contribution in [0.4, 0.5) is 13.2 Å². The molecular formula is C14H18F3NO. The molecule has 1 saturated heterocycles. The highest BCUT2D eigenvalue weighted by atomic mass is 19.4. The molecule has 0 aromatic heterocycles. The van der Waals surface area contributed by atoms with E-state index in [4.69, 9.17) is 0 Å². The van der Waals surface area contributed by atoms with Crippen LogP contribution in [-0.4, -0.2) is 23.8 Å². The minimum Gasteiger partial charge on any atom is -0.389 e. The largest absolute Gasteiger partial charge is 0.416 e. The van der Waals surface area contributed by atoms with E-state index >= 15 is 0 Å². The number of rotatable bonds is 2. The summed E-state index contributed by atoms with van der Waals surface area (Å²) in [6, 6.07) is 5.24. The molecule has 1 aromatic rings. The molecule has 1 aliphatic rings. The molecular weight excluding hydrogens is 255 g/mol. The lowest BCUT2D eigenvalue weighted by Crippen LogP contribution is -2.32. The van der Waals surface area contributed by atoms with Crippen LogP contribution in [0.15, 0.2) is 24.3 Å². The van der Waals surface area contributed by atoms with E-state index in [-0.39, 0.29) is 6.42 Å². The Kier molecular flexibility index (Phi) is 4.16. The van der Waals surface area contributed by atoms with Crippen LogP contribution in [0.2, 0.25) is 0 Å². The summed E-state index contributed by atoms with van der Waals surface area (Å²) in [5, 5.41) is 13.7. The molecule has 1 atom stereocenters. The molecule has 19 heavy (non-hydrogen) atoms. The van der Waals surface area contributed by atoms with Crippen molar-refractivity contribution in [3.8, 4) is 0 Å². The molecule has 2 rings (SSSR count). The van der Waals surface area contributed by atoms with Gasteiger partial charge in [0.25, 0.3) is 0 Å². The smallest absolute Gasteiger partial charge is 0.389 e. The molecule has 1 heterocycles. The molecule has 2 N–H and O–H groups in total. The van der Waals surface area contributed by atoms with Crippen molar-refractivity contribution in [2.24, 2.45) is 0 Å². The number of aliphatic hydroxyl groups is 1. The molecule has 0 amide bonds. The maximum atomic E-state index is 12.6. The normalized spacial score (nSPS) is 25.1. The average Bonchev–Trinajstić information content (AvgIpc) is 2.53. The van der Waals surface area contributed by atoms with E-state index in [0.717, 1.165) is 25.1 Å². The lowest BCUT2D eigenvalue weighted by molar-refractivity contribution is -0.137. The van der Waals surface area contributed by atoms with Crippen molar-refractivity contribution < 1.29 is 18.3 Å². The third-order valence-corrected chi connectivity index (χ3v) is 3.55. The Morgan fingerprint density at radius 3 is 2.74 bits per heavy atom. The summed E-state index contributed by atoms with van der Waals surface area (Å²) in [5.74, 6) is 0. The van der Waals surface area contributed by atoms with Crippen molar-refractivity contribution in [3.63, 3.8) is 0 Å². The fourth-order valence-electron chi connectivity index (χ4n) is 2.53. The van der Waals surface area contributed by atoms with E-state index in [1.54, 1.807) is 6.07 Å². The lowest BCUT2D eigenvalue weighted by Gasteiger charge is -2.26. The molecule has 1 unspecified atom stereocenters. The van der Waals surface area contributed by atoms with Gasteiger partial charge in [-0.1, -0.05) is 18.2 Å². The van der Waals surface area contributed by atoms with Crippen LogP contribution < -0.4 is 5.32 Å². The number of alkyl halides is 3. The number of hydrogen-bond acceptors (Lipinski definition) is 2. The van der Waals surface area contributed by atoms with Crippen molar-refractivity contribution in [1.29, 1.82) is 0 Å². The van der Waals surface area contributed by atoms with Gasteiger partial charge >= 0.3 is 6.18 Å². The van der Waals surface area contributed by atoms with Crippen LogP contribution in [0.3, 0.4) is 0 Å². The first kappa shape index (κ1) is 14.3. The predicted octanol–water partition coefficient (Wildman–Crippen LogP) is 2.75. The van der Waals surface area contributed by atoms with E-state index in [2.05, 4.69) is 5.32 Å². The Balaban J connectivity index is 2.14. The van der Waals surface area contributed by atoms with Gasteiger partial charge in [0.15, 0.2) is 0 Å². The quantitative estimate of drug-likeness (QED) is 0.868. The topological polar surface area (TPSA) is 32.3 Å². The number of benzene rings is 1. The van der Waals surface area contributed by atoms with Crippen LogP contribution in [0.25, 0.3) is 0 Å². The molecule has 0 saturated carbocycles. The second kappa shape index (κ2) is 5.51. The van der Waals surface area contributed by atoms with Gasteiger partial charge in [-0.2, -0.15) is 13.2 Å². The van der Waals surface area contributed by atoms with Gasteiger partial charge in [-0.15, -0.1) is 0 Å². The van der Waals surface area contributed by atoms with Crippen molar-refractivity contribution in [2.45, 2.75) is 37.5 Å². The van der Waals surface area contributed by atoms with Crippen LogP contribution in [0.1, 0.15) is 30.4 Å². The Morgan fingerprint density at radius 1 is 1.21 bits per heavy atom. The van der Waals surface area contributed by atoms with Gasteiger partial charge in [-0.05, 0) is 44.0 Å². The van der Waals surface area contributed by atoms with E-state index in [9.17, 15) is 18.3 Å². The van der Waals surface area contributed by atoms with E-state index in [1.165, 1.54) is 6.07 Å². The summed E-state index contributed by atoms with van der Waals surface area (Å²) in [4.78, 5) is 0. The Bertz CT molecular complexity index is 423. The summed E-state index contributed by atoms with van der Waals surface area (Å²) >= 11 is 0. The fourth-order valence-corrected chi connectivity index (χ4v) is 2.53. The van der Waals surface area contributed by atoms with Crippen molar-refractivity contribution in [2.75, 3.05) is 13.1 Å². The Labute approximate surface area is 110 Å². The summed E-state index contributed by atoms with van der Waals surface area (Å²) in [6.45, 7) is 1.56. The van der Waals surface area contributed by atoms with Crippen LogP contribution in [-0.2, 0) is 12.6 Å². The summed E-state index contributed by atoms with van der Waals surface area (Å²) < 4.78 is 37.9. The molecule has 106 valence electrons. The summed E-state index contributed by atoms with van der Waals surface area (Å²) in [7, 11) is 0. The first-order valence-corrected chi connectivity index (χ1v) is 6.48. The second-order valence-corrected chi connectivity index (χ2v) is 5.20. The zero-order chi connectivity index (χ0) is 13.9. The average molecular weight is 273 g/mol. The highest BCUT2D eigenvalue weighted by Crippen LogP contribution is 2.31. The van der Waals surface area contributed by atoms with Gasteiger partial charge in [-0.3, -0.25) is 0 Å². The van der Waals surface area contributed by atoms with Gasteiger partial charge < -0.3 is 10.4 Å². The lowest BCUT2D eigenvalue weighted by atomic mass is 9.87. The van der Waals surface area contributed by atoms with Gasteiger partial charge in [0, 0.05) is 6.42 Å². The van der Waals surface area contributed by atoms with Gasteiger partial charge in [0.05, 0.1) is 11.2 Å². The number of nitrogens with one attached hydrogen (secondary N) is 1. The van der Waals surface area contributed by atoms with Crippen LogP contribution >= 0.6 is 0 Å². The standard InChI is InChI=1S/C14H18F3NO/c15-14(16,17)12-4-1-3-11(9-12)10-13(19)5-2-7-18-8-6-13/h1,3-4,9,18-19H,2,5-8,10H2. The molecule has 2 nitrogen and oxygen atoms in total. The van der Waals surface area contributed by atoms with E-state index in [0.29, 0.717) is 24.9 Å². The minimum atomic E-state index is -4.33. The summed E-state index contributed by atoms with van der Waals surface area (Å²) in [6.07, 6.45) is -2.02. The van der Waals surface area contributed by atoms with Crippen LogP contribution in [0, 0.1) is 0 Å². The van der Waals surface area contributed by atoms with Crippen molar-refractivity contribution >= 4 is 0 Å². The number of hydrogen-bond donors (Lipinski definition) is 2. The molecule has 1 aliphatic heterocycles. The third-order valence-electron chi connectivity index (χ3n) is 3.55. The molecule has 1 fully saturated rings. The zero-order valence-electron chi connectivity index (χ0n) is 10.6. The highest BCUT2D eigenvalue weighted by Gasteiger charge is 2.32. The van der Waals surface area contributed by atoms with Gasteiger partial charge in [0.2, 0.25) is 0 Å². The Morgan fingerprint density at radius 2 is 2.00 bits per heavy atom. The first-order valence-electron chi connectivity index (χ1n) is 6.48. The van der Waals surface area contributed by atoms with E-state index in [1.807, 2.05) is 0 Å². The first-order chi connectivity index (χ1) is 8.89. The van der Waals surface area contributed by atoms with Gasteiger partial charge in [0.1, 0.15) is 0 Å². The molecule has 0 bridgehead atoms. The van der Waals surface area contributed by atoms with Crippen molar-refractivity contribution in [1.82, 2.24) is 5.32 Å². The summed E-state index contributed by atoms with van der Waals surface area (Å²) in [5.41, 5.74) is -1.01. The van der Waals surface area contributed by atoms with E-state index < -0.39 is 17.3 Å². The third kappa shape index (κ3) is 3.94. The van der Waals surface area contributed by atoms with Crippen molar-refractivity contribution in [3.05, 3.63) is 35.4 Å². The molecule has 5 heteroatoms. The monoisotopic (exact) mass is 273 g/mol. The zero-order valence-corrected chi connectivity index (χ0v) is 10.6. The molecule has 1 aromatic carbocycles. The SMILES string of the molecule is OC1(Cc2cccc(C(F)(F)F)c2)CCCNCC1. The molecule has 0 radical (unpaired) electrons. The Hall–Kier alpha value is -1.07. The number of halogens is 3. The second-order valence-electron chi connectivity index (χ2n) is 5.20. The molecule has 0 spiro atoms. The maximum Gasteiger partial charge on any atom is 0.416 e.